The Balaban J connectivity index is 1.43. The minimum atomic E-state index is -0.199. The molecule has 136 valence electrons. The van der Waals surface area contributed by atoms with Crippen molar-refractivity contribution in [1.29, 1.82) is 0 Å². The van der Waals surface area contributed by atoms with Crippen LogP contribution in [0, 0.1) is 6.92 Å². The van der Waals surface area contributed by atoms with Crippen molar-refractivity contribution in [3.05, 3.63) is 71.1 Å². The summed E-state index contributed by atoms with van der Waals surface area (Å²) in [6.07, 6.45) is 4.06. The number of pyridine rings is 2. The van der Waals surface area contributed by atoms with E-state index in [1.807, 2.05) is 25.1 Å². The van der Waals surface area contributed by atoms with Gasteiger partial charge in [-0.1, -0.05) is 11.6 Å². The van der Waals surface area contributed by atoms with Crippen LogP contribution >= 0.6 is 11.6 Å². The maximum atomic E-state index is 12.6. The number of nitrogens with zero attached hydrogens (tertiary/aromatic N) is 3. The molecule has 0 atom stereocenters. The van der Waals surface area contributed by atoms with Crippen molar-refractivity contribution >= 4 is 29.0 Å². The van der Waals surface area contributed by atoms with Gasteiger partial charge in [-0.2, -0.15) is 0 Å². The smallest absolute Gasteiger partial charge is 0.326 e. The number of urea groups is 1. The summed E-state index contributed by atoms with van der Waals surface area (Å²) in [6, 6.07) is 12.5. The molecule has 4 rings (SSSR count). The minimum absolute atomic E-state index is 0.199. The zero-order valence-corrected chi connectivity index (χ0v) is 15.4. The Morgan fingerprint density at radius 3 is 2.89 bits per heavy atom. The van der Waals surface area contributed by atoms with Gasteiger partial charge in [0.15, 0.2) is 5.75 Å². The fourth-order valence-electron chi connectivity index (χ4n) is 2.98. The Hall–Kier alpha value is -3.12. The Morgan fingerprint density at radius 1 is 1.22 bits per heavy atom. The number of amides is 2. The highest BCUT2D eigenvalue weighted by Gasteiger charge is 2.24. The number of hydrogen-bond acceptors (Lipinski definition) is 4. The standard InChI is InChI=1S/C20H17ClN4O2/c1-13-18(3-2-9-22-13)27-19-7-5-16(12-23-19)24-20(26)25-10-8-14-11-15(21)4-6-17(14)25/h2-7,9,11-12H,8,10H2,1H3,(H,24,26). The van der Waals surface area contributed by atoms with E-state index in [1.165, 1.54) is 0 Å². The van der Waals surface area contributed by atoms with Crippen LogP contribution in [-0.4, -0.2) is 22.5 Å². The first-order chi connectivity index (χ1) is 13.1. The number of carbonyl (C=O) groups excluding carboxylic acids is 1. The van der Waals surface area contributed by atoms with Crippen LogP contribution in [0.4, 0.5) is 16.2 Å². The van der Waals surface area contributed by atoms with Crippen molar-refractivity contribution in [3.8, 4) is 11.6 Å². The van der Waals surface area contributed by atoms with Crippen LogP contribution in [0.25, 0.3) is 0 Å². The highest BCUT2D eigenvalue weighted by molar-refractivity contribution is 6.30. The van der Waals surface area contributed by atoms with E-state index in [4.69, 9.17) is 16.3 Å². The van der Waals surface area contributed by atoms with Gasteiger partial charge in [-0.25, -0.2) is 9.78 Å². The molecule has 1 N–H and O–H groups in total. The first-order valence-electron chi connectivity index (χ1n) is 8.52. The summed E-state index contributed by atoms with van der Waals surface area (Å²) in [6.45, 7) is 2.49. The van der Waals surface area contributed by atoms with E-state index in [0.717, 1.165) is 23.4 Å². The summed E-state index contributed by atoms with van der Waals surface area (Å²) in [4.78, 5) is 22.7. The number of fused-ring (bicyclic) bond motifs is 1. The largest absolute Gasteiger partial charge is 0.437 e. The van der Waals surface area contributed by atoms with Gasteiger partial charge in [-0.05, 0) is 55.3 Å². The number of aryl methyl sites for hydroxylation is 1. The zero-order valence-electron chi connectivity index (χ0n) is 14.6. The molecule has 2 aromatic heterocycles. The van der Waals surface area contributed by atoms with Crippen LogP contribution in [0.3, 0.4) is 0 Å². The molecule has 1 aliphatic rings. The fraction of sp³-hybridized carbons (Fsp3) is 0.150. The van der Waals surface area contributed by atoms with Crippen LogP contribution < -0.4 is 15.0 Å². The first kappa shape index (κ1) is 17.3. The zero-order chi connectivity index (χ0) is 18.8. The maximum absolute atomic E-state index is 12.6. The molecule has 0 radical (unpaired) electrons. The third-order valence-corrected chi connectivity index (χ3v) is 4.58. The summed E-state index contributed by atoms with van der Waals surface area (Å²) < 4.78 is 5.72. The minimum Gasteiger partial charge on any atom is -0.437 e. The molecule has 0 saturated heterocycles. The highest BCUT2D eigenvalue weighted by Crippen LogP contribution is 2.31. The summed E-state index contributed by atoms with van der Waals surface area (Å²) in [5.41, 5.74) is 3.34. The van der Waals surface area contributed by atoms with Crippen LogP contribution in [0.15, 0.2) is 54.9 Å². The van der Waals surface area contributed by atoms with Gasteiger partial charge in [-0.15, -0.1) is 0 Å². The van der Waals surface area contributed by atoms with Crippen LogP contribution in [-0.2, 0) is 6.42 Å². The predicted octanol–water partition coefficient (Wildman–Crippen LogP) is 4.83. The second-order valence-electron chi connectivity index (χ2n) is 6.18. The number of benzene rings is 1. The molecule has 0 aliphatic carbocycles. The average molecular weight is 381 g/mol. The summed E-state index contributed by atoms with van der Waals surface area (Å²) in [5.74, 6) is 1.08. The number of rotatable bonds is 3. The second kappa shape index (κ2) is 7.25. The molecule has 7 heteroatoms. The van der Waals surface area contributed by atoms with E-state index in [0.29, 0.717) is 28.9 Å². The number of anilines is 2. The normalized spacial score (nSPS) is 12.6. The molecule has 1 aliphatic heterocycles. The monoisotopic (exact) mass is 380 g/mol. The topological polar surface area (TPSA) is 67.3 Å². The number of hydrogen-bond donors (Lipinski definition) is 1. The molecule has 2 amide bonds. The Labute approximate surface area is 161 Å². The molecular weight excluding hydrogens is 364 g/mol. The lowest BCUT2D eigenvalue weighted by Crippen LogP contribution is -2.33. The Bertz CT molecular complexity index is 992. The van der Waals surface area contributed by atoms with Gasteiger partial charge in [0.1, 0.15) is 0 Å². The Morgan fingerprint density at radius 2 is 2.11 bits per heavy atom. The highest BCUT2D eigenvalue weighted by atomic mass is 35.5. The number of aromatic nitrogens is 2. The van der Waals surface area contributed by atoms with Crippen molar-refractivity contribution in [1.82, 2.24) is 9.97 Å². The number of halogens is 1. The molecule has 3 aromatic rings. The van der Waals surface area contributed by atoms with Crippen LogP contribution in [0.1, 0.15) is 11.3 Å². The molecular formula is C20H17ClN4O2. The summed E-state index contributed by atoms with van der Waals surface area (Å²) in [5, 5.41) is 3.55. The third-order valence-electron chi connectivity index (χ3n) is 4.34. The lowest BCUT2D eigenvalue weighted by Gasteiger charge is -2.18. The molecule has 0 unspecified atom stereocenters. The summed E-state index contributed by atoms with van der Waals surface area (Å²) in [7, 11) is 0. The van der Waals surface area contributed by atoms with Gasteiger partial charge >= 0.3 is 6.03 Å². The van der Waals surface area contributed by atoms with Crippen molar-refractivity contribution in [2.45, 2.75) is 13.3 Å². The van der Waals surface area contributed by atoms with Gasteiger partial charge in [-0.3, -0.25) is 9.88 Å². The molecule has 3 heterocycles. The Kier molecular flexibility index (Phi) is 4.64. The van der Waals surface area contributed by atoms with Gasteiger partial charge in [0.05, 0.1) is 17.6 Å². The van der Waals surface area contributed by atoms with Crippen molar-refractivity contribution in [2.75, 3.05) is 16.8 Å². The van der Waals surface area contributed by atoms with E-state index in [9.17, 15) is 4.79 Å². The summed E-state index contributed by atoms with van der Waals surface area (Å²) >= 11 is 6.02. The van der Waals surface area contributed by atoms with Gasteiger partial charge in [0, 0.05) is 29.5 Å². The lowest BCUT2D eigenvalue weighted by molar-refractivity contribution is 0.257. The van der Waals surface area contributed by atoms with E-state index in [2.05, 4.69) is 15.3 Å². The quantitative estimate of drug-likeness (QED) is 0.707. The fourth-order valence-corrected chi connectivity index (χ4v) is 3.17. The molecule has 0 spiro atoms. The SMILES string of the molecule is Cc1ncccc1Oc1ccc(NC(=O)N2CCc3cc(Cl)ccc32)cn1. The van der Waals surface area contributed by atoms with Crippen molar-refractivity contribution in [2.24, 2.45) is 0 Å². The maximum Gasteiger partial charge on any atom is 0.326 e. The lowest BCUT2D eigenvalue weighted by atomic mass is 10.2. The average Bonchev–Trinajstić information content (AvgIpc) is 3.08. The third kappa shape index (κ3) is 3.71. The van der Waals surface area contributed by atoms with Crippen LogP contribution in [0.5, 0.6) is 11.6 Å². The molecule has 0 fully saturated rings. The predicted molar refractivity (Wildman–Crippen MR) is 105 cm³/mol. The van der Waals surface area contributed by atoms with Crippen LogP contribution in [0.2, 0.25) is 5.02 Å². The van der Waals surface area contributed by atoms with Gasteiger partial charge in [0.25, 0.3) is 0 Å². The molecule has 0 bridgehead atoms. The van der Waals surface area contributed by atoms with E-state index in [-0.39, 0.29) is 6.03 Å². The molecule has 6 nitrogen and oxygen atoms in total. The number of carbonyl (C=O) groups is 1. The van der Waals surface area contributed by atoms with Gasteiger partial charge < -0.3 is 10.1 Å². The second-order valence-corrected chi connectivity index (χ2v) is 6.62. The molecule has 1 aromatic carbocycles. The molecule has 0 saturated carbocycles. The first-order valence-corrected chi connectivity index (χ1v) is 8.90. The van der Waals surface area contributed by atoms with E-state index in [1.54, 1.807) is 41.6 Å². The van der Waals surface area contributed by atoms with Crippen molar-refractivity contribution in [3.63, 3.8) is 0 Å². The van der Waals surface area contributed by atoms with E-state index < -0.39 is 0 Å². The van der Waals surface area contributed by atoms with E-state index >= 15 is 0 Å². The number of ether oxygens (including phenoxy) is 1. The van der Waals surface area contributed by atoms with Crippen molar-refractivity contribution < 1.29 is 9.53 Å². The number of nitrogens with one attached hydrogen (secondary N) is 1. The van der Waals surface area contributed by atoms with Gasteiger partial charge in [0.2, 0.25) is 5.88 Å². The molecule has 27 heavy (non-hydrogen) atoms.